The van der Waals surface area contributed by atoms with Crippen molar-refractivity contribution in [2.45, 2.75) is 12.5 Å². The highest BCUT2D eigenvalue weighted by Crippen LogP contribution is 2.36. The number of aromatic nitrogens is 2. The Kier molecular flexibility index (Phi) is 4.79. The van der Waals surface area contributed by atoms with E-state index in [0.717, 1.165) is 11.0 Å². The van der Waals surface area contributed by atoms with E-state index in [9.17, 15) is 14.0 Å². The number of methoxy groups -OCH3 is 1. The van der Waals surface area contributed by atoms with Crippen LogP contribution in [0.4, 0.5) is 16.0 Å². The molecule has 2 aromatic carbocycles. The summed E-state index contributed by atoms with van der Waals surface area (Å²) in [6.07, 6.45) is -0.121. The summed E-state index contributed by atoms with van der Waals surface area (Å²) in [7, 11) is 1.56. The number of halogens is 1. The quantitative estimate of drug-likeness (QED) is 0.711. The van der Waals surface area contributed by atoms with Crippen molar-refractivity contribution < 1.29 is 18.7 Å². The minimum atomic E-state index is -0.744. The molecule has 2 amide bonds. The summed E-state index contributed by atoms with van der Waals surface area (Å²) < 4.78 is 20.7. The second-order valence-electron chi connectivity index (χ2n) is 6.50. The molecule has 2 heterocycles. The fourth-order valence-corrected chi connectivity index (χ4v) is 3.43. The summed E-state index contributed by atoms with van der Waals surface area (Å²) in [6, 6.07) is 12.6. The number of ether oxygens (including phenoxy) is 1. The lowest BCUT2D eigenvalue weighted by Gasteiger charge is -2.15. The lowest BCUT2D eigenvalue weighted by molar-refractivity contribution is -0.124. The molecule has 1 N–H and O–H groups in total. The average molecular weight is 382 g/mol. The van der Waals surface area contributed by atoms with Gasteiger partial charge in [-0.05, 0) is 24.3 Å². The van der Waals surface area contributed by atoms with Crippen molar-refractivity contribution in [3.63, 3.8) is 0 Å². The summed E-state index contributed by atoms with van der Waals surface area (Å²) in [5, 5.41) is 2.54. The first kappa shape index (κ1) is 18.1. The van der Waals surface area contributed by atoms with Gasteiger partial charge in [-0.2, -0.15) is 0 Å². The van der Waals surface area contributed by atoms with Crippen LogP contribution in [0.1, 0.15) is 12.5 Å². The van der Waals surface area contributed by atoms with Gasteiger partial charge in [0.2, 0.25) is 11.9 Å². The fourth-order valence-electron chi connectivity index (χ4n) is 3.43. The van der Waals surface area contributed by atoms with Crippen molar-refractivity contribution in [1.82, 2.24) is 9.55 Å². The zero-order chi connectivity index (χ0) is 19.7. The molecule has 0 spiro atoms. The van der Waals surface area contributed by atoms with Gasteiger partial charge >= 0.3 is 0 Å². The number of carbonyl (C=O) groups excluding carboxylic acids is 2. The summed E-state index contributed by atoms with van der Waals surface area (Å²) in [5.74, 6) is -0.703. The van der Waals surface area contributed by atoms with Gasteiger partial charge in [0.15, 0.2) is 0 Å². The molecule has 0 saturated heterocycles. The summed E-state index contributed by atoms with van der Waals surface area (Å²) >= 11 is 0. The number of imidazole rings is 1. The molecule has 0 unspecified atom stereocenters. The molecule has 144 valence electrons. The SMILES string of the molecule is COCCN1C(=O)[C@@H](CC(=O)Nc2ccccc2F)n2c1nc1ccccc12. The first-order valence-corrected chi connectivity index (χ1v) is 8.92. The number of para-hydroxylation sites is 3. The van der Waals surface area contributed by atoms with Crippen molar-refractivity contribution >= 4 is 34.5 Å². The minimum absolute atomic E-state index is 0.0879. The van der Waals surface area contributed by atoms with E-state index in [4.69, 9.17) is 4.74 Å². The molecule has 3 aromatic rings. The van der Waals surface area contributed by atoms with Crippen LogP contribution in [0.3, 0.4) is 0 Å². The molecule has 0 fully saturated rings. The van der Waals surface area contributed by atoms with Crippen LogP contribution in [0.15, 0.2) is 48.5 Å². The van der Waals surface area contributed by atoms with Crippen molar-refractivity contribution in [2.24, 2.45) is 0 Å². The van der Waals surface area contributed by atoms with Gasteiger partial charge in [-0.1, -0.05) is 24.3 Å². The molecule has 1 aliphatic rings. The van der Waals surface area contributed by atoms with E-state index in [2.05, 4.69) is 10.3 Å². The third-order valence-electron chi connectivity index (χ3n) is 4.73. The standard InChI is InChI=1S/C20H19FN4O3/c1-28-11-10-24-19(27)17(12-18(26)22-14-7-3-2-6-13(14)21)25-16-9-5-4-8-15(16)23-20(24)25/h2-9,17H,10-12H2,1H3,(H,22,26)/t17-/m1/s1. The second-order valence-corrected chi connectivity index (χ2v) is 6.50. The van der Waals surface area contributed by atoms with Crippen LogP contribution in [0.5, 0.6) is 0 Å². The summed E-state index contributed by atoms with van der Waals surface area (Å²) in [5.41, 5.74) is 1.60. The Morgan fingerprint density at radius 2 is 1.96 bits per heavy atom. The number of carbonyl (C=O) groups is 2. The van der Waals surface area contributed by atoms with Crippen molar-refractivity contribution in [2.75, 3.05) is 30.5 Å². The maximum absolute atomic E-state index is 13.8. The Morgan fingerprint density at radius 3 is 2.75 bits per heavy atom. The highest BCUT2D eigenvalue weighted by Gasteiger charge is 2.40. The average Bonchev–Trinajstić information content (AvgIpc) is 3.17. The van der Waals surface area contributed by atoms with Crippen LogP contribution in [-0.4, -0.2) is 41.6 Å². The van der Waals surface area contributed by atoms with Crippen LogP contribution >= 0.6 is 0 Å². The number of anilines is 2. The topological polar surface area (TPSA) is 76.5 Å². The van der Waals surface area contributed by atoms with Crippen LogP contribution in [0.2, 0.25) is 0 Å². The Bertz CT molecular complexity index is 1050. The lowest BCUT2D eigenvalue weighted by atomic mass is 10.1. The van der Waals surface area contributed by atoms with Crippen molar-refractivity contribution in [3.8, 4) is 0 Å². The molecule has 1 aromatic heterocycles. The first-order valence-electron chi connectivity index (χ1n) is 8.92. The van der Waals surface area contributed by atoms with Gasteiger partial charge in [0.25, 0.3) is 5.91 Å². The van der Waals surface area contributed by atoms with Gasteiger partial charge in [-0.3, -0.25) is 19.1 Å². The normalized spacial score (nSPS) is 15.9. The van der Waals surface area contributed by atoms with Crippen molar-refractivity contribution in [3.05, 3.63) is 54.3 Å². The van der Waals surface area contributed by atoms with Gasteiger partial charge in [-0.25, -0.2) is 9.37 Å². The van der Waals surface area contributed by atoms with Crippen LogP contribution < -0.4 is 10.2 Å². The molecule has 7 nitrogen and oxygen atoms in total. The molecule has 8 heteroatoms. The molecule has 4 rings (SSSR count). The van der Waals surface area contributed by atoms with E-state index < -0.39 is 17.8 Å². The lowest BCUT2D eigenvalue weighted by Crippen LogP contribution is -2.33. The van der Waals surface area contributed by atoms with E-state index >= 15 is 0 Å². The number of hydrogen-bond donors (Lipinski definition) is 1. The number of fused-ring (bicyclic) bond motifs is 3. The predicted molar refractivity (Wildman–Crippen MR) is 103 cm³/mol. The monoisotopic (exact) mass is 382 g/mol. The van der Waals surface area contributed by atoms with E-state index in [0.29, 0.717) is 19.1 Å². The van der Waals surface area contributed by atoms with Crippen molar-refractivity contribution in [1.29, 1.82) is 0 Å². The third kappa shape index (κ3) is 3.11. The molecular weight excluding hydrogens is 363 g/mol. The molecular formula is C20H19FN4O3. The van der Waals surface area contributed by atoms with Gasteiger partial charge < -0.3 is 10.1 Å². The maximum atomic E-state index is 13.8. The first-order chi connectivity index (χ1) is 13.6. The van der Waals surface area contributed by atoms with Crippen LogP contribution in [-0.2, 0) is 14.3 Å². The molecule has 0 aliphatic carbocycles. The van der Waals surface area contributed by atoms with Gasteiger partial charge in [0.1, 0.15) is 11.9 Å². The summed E-state index contributed by atoms with van der Waals surface area (Å²) in [4.78, 5) is 31.6. The van der Waals surface area contributed by atoms with Crippen LogP contribution in [0.25, 0.3) is 11.0 Å². The molecule has 0 radical (unpaired) electrons. The van der Waals surface area contributed by atoms with Gasteiger partial charge in [-0.15, -0.1) is 0 Å². The Balaban J connectivity index is 1.64. The van der Waals surface area contributed by atoms with E-state index in [1.54, 1.807) is 23.8 Å². The number of benzene rings is 2. The largest absolute Gasteiger partial charge is 0.383 e. The number of hydrogen-bond acceptors (Lipinski definition) is 4. The highest BCUT2D eigenvalue weighted by molar-refractivity contribution is 6.05. The van der Waals surface area contributed by atoms with E-state index in [1.165, 1.54) is 17.0 Å². The number of rotatable bonds is 6. The molecule has 0 saturated carbocycles. The number of nitrogens with one attached hydrogen (secondary N) is 1. The smallest absolute Gasteiger partial charge is 0.253 e. The minimum Gasteiger partial charge on any atom is -0.383 e. The third-order valence-corrected chi connectivity index (χ3v) is 4.73. The fraction of sp³-hybridized carbons (Fsp3) is 0.250. The van der Waals surface area contributed by atoms with Gasteiger partial charge in [0, 0.05) is 7.11 Å². The molecule has 1 atom stereocenters. The zero-order valence-electron chi connectivity index (χ0n) is 15.3. The maximum Gasteiger partial charge on any atom is 0.253 e. The predicted octanol–water partition coefficient (Wildman–Crippen LogP) is 2.74. The second kappa shape index (κ2) is 7.40. The van der Waals surface area contributed by atoms with Gasteiger partial charge in [0.05, 0.1) is 36.3 Å². The number of nitrogens with zero attached hydrogens (tertiary/aromatic N) is 3. The highest BCUT2D eigenvalue weighted by atomic mass is 19.1. The summed E-state index contributed by atoms with van der Waals surface area (Å²) in [6.45, 7) is 0.688. The van der Waals surface area contributed by atoms with Crippen LogP contribution in [0, 0.1) is 5.82 Å². The molecule has 28 heavy (non-hydrogen) atoms. The number of amides is 2. The zero-order valence-corrected chi connectivity index (χ0v) is 15.3. The molecule has 1 aliphatic heterocycles. The van der Waals surface area contributed by atoms with E-state index in [1.807, 2.05) is 24.3 Å². The molecule has 0 bridgehead atoms. The van der Waals surface area contributed by atoms with E-state index in [-0.39, 0.29) is 18.0 Å². The Labute approximate surface area is 160 Å². The Morgan fingerprint density at radius 1 is 1.21 bits per heavy atom. The Hall–Kier alpha value is -3.26.